The van der Waals surface area contributed by atoms with Crippen LogP contribution in [0.15, 0.2) is 96.1 Å². The maximum absolute atomic E-state index is 11.0. The summed E-state index contributed by atoms with van der Waals surface area (Å²) in [6, 6.07) is 26.1. The number of rotatable bonds is 6. The predicted octanol–water partition coefficient (Wildman–Crippen LogP) is 6.03. The van der Waals surface area contributed by atoms with Gasteiger partial charge in [0.05, 0.1) is 23.2 Å². The first kappa shape index (κ1) is 19.2. The summed E-state index contributed by atoms with van der Waals surface area (Å²) in [5, 5.41) is 9.05. The third-order valence-corrected chi connectivity index (χ3v) is 4.61. The summed E-state index contributed by atoms with van der Waals surface area (Å²) in [5.41, 5.74) is 4.01. The fourth-order valence-electron chi connectivity index (χ4n) is 2.98. The molecule has 0 atom stereocenters. The average molecular weight is 396 g/mol. The Morgan fingerprint density at radius 1 is 0.900 bits per heavy atom. The van der Waals surface area contributed by atoms with Gasteiger partial charge in [0, 0.05) is 11.9 Å². The van der Waals surface area contributed by atoms with Crippen molar-refractivity contribution in [2.75, 3.05) is 0 Å². The third-order valence-electron chi connectivity index (χ3n) is 4.61. The van der Waals surface area contributed by atoms with E-state index in [2.05, 4.69) is 4.99 Å². The first-order valence-electron chi connectivity index (χ1n) is 9.48. The van der Waals surface area contributed by atoms with Gasteiger partial charge >= 0.3 is 5.97 Å². The Bertz CT molecular complexity index is 1170. The molecule has 5 nitrogen and oxygen atoms in total. The van der Waals surface area contributed by atoms with Gasteiger partial charge in [-0.3, -0.25) is 4.99 Å². The van der Waals surface area contributed by atoms with Gasteiger partial charge < -0.3 is 14.4 Å². The molecule has 0 unspecified atom stereocenters. The quantitative estimate of drug-likeness (QED) is 0.405. The number of ether oxygens (including phenoxy) is 1. The van der Waals surface area contributed by atoms with E-state index in [-0.39, 0.29) is 5.56 Å². The number of carbonyl (C=O) groups is 1. The van der Waals surface area contributed by atoms with Gasteiger partial charge in [-0.25, -0.2) is 4.79 Å². The van der Waals surface area contributed by atoms with Crippen LogP contribution in [0.2, 0.25) is 0 Å². The maximum atomic E-state index is 11.0. The topological polar surface area (TPSA) is 63.8 Å². The van der Waals surface area contributed by atoms with Gasteiger partial charge in [-0.1, -0.05) is 17.7 Å². The lowest BCUT2D eigenvalue weighted by Crippen LogP contribution is -2.00. The van der Waals surface area contributed by atoms with Crippen molar-refractivity contribution in [1.82, 2.24) is 4.57 Å². The molecule has 0 bridgehead atoms. The van der Waals surface area contributed by atoms with Gasteiger partial charge in [0.25, 0.3) is 0 Å². The van der Waals surface area contributed by atoms with E-state index in [4.69, 9.17) is 9.84 Å². The molecule has 0 saturated carbocycles. The second-order valence-corrected chi connectivity index (χ2v) is 6.82. The minimum atomic E-state index is -0.939. The van der Waals surface area contributed by atoms with Crippen LogP contribution >= 0.6 is 0 Å². The Kier molecular flexibility index (Phi) is 5.44. The number of aliphatic imine (C=N–C) groups is 1. The van der Waals surface area contributed by atoms with Crippen molar-refractivity contribution in [2.45, 2.75) is 6.92 Å². The summed E-state index contributed by atoms with van der Waals surface area (Å²) in [5.74, 6) is 0.606. The monoisotopic (exact) mass is 396 g/mol. The molecule has 0 fully saturated rings. The van der Waals surface area contributed by atoms with E-state index in [9.17, 15) is 4.79 Å². The first-order chi connectivity index (χ1) is 14.6. The second kappa shape index (κ2) is 8.49. The van der Waals surface area contributed by atoms with E-state index in [0.717, 1.165) is 28.6 Å². The molecule has 4 aromatic rings. The molecule has 0 spiro atoms. The SMILES string of the molecule is Cc1ccc(Oc2ccc(N=Cc3cccn3-c3ccc(C(=O)O)cc3)cc2)cc1. The van der Waals surface area contributed by atoms with Crippen molar-refractivity contribution in [3.05, 3.63) is 108 Å². The Balaban J connectivity index is 1.47. The molecule has 5 heteroatoms. The van der Waals surface area contributed by atoms with Gasteiger partial charge in [-0.15, -0.1) is 0 Å². The summed E-state index contributed by atoms with van der Waals surface area (Å²) < 4.78 is 7.79. The largest absolute Gasteiger partial charge is 0.478 e. The summed E-state index contributed by atoms with van der Waals surface area (Å²) in [6.07, 6.45) is 3.69. The highest BCUT2D eigenvalue weighted by Gasteiger charge is 2.05. The number of hydrogen-bond donors (Lipinski definition) is 1. The molecular formula is C25H20N2O3. The standard InChI is InChI=1S/C25H20N2O3/c1-18-4-12-23(13-5-18)30-24-14-8-20(9-15-24)26-17-22-3-2-16-27(22)21-10-6-19(7-11-21)25(28)29/h2-17H,1H3,(H,28,29). The molecule has 0 aliphatic rings. The lowest BCUT2D eigenvalue weighted by atomic mass is 10.2. The maximum Gasteiger partial charge on any atom is 0.335 e. The van der Waals surface area contributed by atoms with Crippen LogP contribution in [-0.4, -0.2) is 21.9 Å². The molecule has 1 heterocycles. The van der Waals surface area contributed by atoms with Crippen molar-refractivity contribution >= 4 is 17.9 Å². The minimum absolute atomic E-state index is 0.258. The summed E-state index contributed by atoms with van der Waals surface area (Å²) in [7, 11) is 0. The molecule has 1 aromatic heterocycles. The van der Waals surface area contributed by atoms with Gasteiger partial charge in [0.2, 0.25) is 0 Å². The molecule has 0 saturated heterocycles. The van der Waals surface area contributed by atoms with Crippen LogP contribution in [0.3, 0.4) is 0 Å². The number of carboxylic acids is 1. The number of carboxylic acid groups (broad SMARTS) is 1. The number of hydrogen-bond acceptors (Lipinski definition) is 3. The first-order valence-corrected chi connectivity index (χ1v) is 9.48. The minimum Gasteiger partial charge on any atom is -0.478 e. The van der Waals surface area contributed by atoms with Crippen molar-refractivity contribution < 1.29 is 14.6 Å². The van der Waals surface area contributed by atoms with Crippen LogP contribution in [0, 0.1) is 6.92 Å². The van der Waals surface area contributed by atoms with Gasteiger partial charge in [0.15, 0.2) is 0 Å². The van der Waals surface area contributed by atoms with E-state index in [1.165, 1.54) is 5.56 Å². The zero-order valence-corrected chi connectivity index (χ0v) is 16.4. The normalized spacial score (nSPS) is 11.0. The average Bonchev–Trinajstić information content (AvgIpc) is 3.23. The van der Waals surface area contributed by atoms with E-state index >= 15 is 0 Å². The highest BCUT2D eigenvalue weighted by molar-refractivity contribution is 5.88. The molecule has 0 amide bonds. The number of aromatic carboxylic acids is 1. The molecule has 4 rings (SSSR count). The Labute approximate surface area is 174 Å². The zero-order valence-electron chi connectivity index (χ0n) is 16.4. The van der Waals surface area contributed by atoms with E-state index in [0.29, 0.717) is 0 Å². The van der Waals surface area contributed by atoms with Crippen molar-refractivity contribution in [3.63, 3.8) is 0 Å². The van der Waals surface area contributed by atoms with Crippen LogP contribution in [0.25, 0.3) is 5.69 Å². The molecule has 0 aliphatic heterocycles. The fraction of sp³-hybridized carbons (Fsp3) is 0.0400. The molecule has 3 aromatic carbocycles. The van der Waals surface area contributed by atoms with Crippen LogP contribution in [0.5, 0.6) is 11.5 Å². The highest BCUT2D eigenvalue weighted by atomic mass is 16.5. The number of benzene rings is 3. The van der Waals surface area contributed by atoms with Crippen molar-refractivity contribution in [3.8, 4) is 17.2 Å². The lowest BCUT2D eigenvalue weighted by molar-refractivity contribution is 0.0697. The van der Waals surface area contributed by atoms with Crippen molar-refractivity contribution in [1.29, 1.82) is 0 Å². The summed E-state index contributed by atoms with van der Waals surface area (Å²) >= 11 is 0. The van der Waals surface area contributed by atoms with E-state index in [1.807, 2.05) is 78.4 Å². The fourth-order valence-corrected chi connectivity index (χ4v) is 2.98. The lowest BCUT2D eigenvalue weighted by Gasteiger charge is -2.07. The smallest absolute Gasteiger partial charge is 0.335 e. The Morgan fingerprint density at radius 3 is 2.17 bits per heavy atom. The number of aryl methyl sites for hydroxylation is 1. The summed E-state index contributed by atoms with van der Waals surface area (Å²) in [6.45, 7) is 2.04. The van der Waals surface area contributed by atoms with Crippen LogP contribution in [-0.2, 0) is 0 Å². The third kappa shape index (κ3) is 4.47. The van der Waals surface area contributed by atoms with Gasteiger partial charge in [-0.05, 0) is 79.7 Å². The van der Waals surface area contributed by atoms with E-state index in [1.54, 1.807) is 30.5 Å². The van der Waals surface area contributed by atoms with Gasteiger partial charge in [0.1, 0.15) is 11.5 Å². The number of aromatic nitrogens is 1. The Morgan fingerprint density at radius 2 is 1.53 bits per heavy atom. The molecule has 30 heavy (non-hydrogen) atoms. The van der Waals surface area contributed by atoms with Crippen LogP contribution < -0.4 is 4.74 Å². The Hall–Kier alpha value is -4.12. The highest BCUT2D eigenvalue weighted by Crippen LogP contribution is 2.24. The van der Waals surface area contributed by atoms with Crippen LogP contribution in [0.1, 0.15) is 21.6 Å². The molecule has 0 radical (unpaired) electrons. The molecule has 148 valence electrons. The van der Waals surface area contributed by atoms with Crippen molar-refractivity contribution in [2.24, 2.45) is 4.99 Å². The van der Waals surface area contributed by atoms with Gasteiger partial charge in [-0.2, -0.15) is 0 Å². The van der Waals surface area contributed by atoms with Crippen LogP contribution in [0.4, 0.5) is 5.69 Å². The zero-order chi connectivity index (χ0) is 20.9. The number of nitrogens with zero attached hydrogens (tertiary/aromatic N) is 2. The second-order valence-electron chi connectivity index (χ2n) is 6.82. The predicted molar refractivity (Wildman–Crippen MR) is 118 cm³/mol. The molecule has 1 N–H and O–H groups in total. The summed E-state index contributed by atoms with van der Waals surface area (Å²) in [4.78, 5) is 15.6. The molecule has 0 aliphatic carbocycles. The molecular weight excluding hydrogens is 376 g/mol. The van der Waals surface area contributed by atoms with E-state index < -0.39 is 5.97 Å².